The molecule has 3 rings (SSSR count). The molecular formula is C21H22N2O2S. The molecule has 0 fully saturated rings. The number of hydrogen-bond acceptors (Lipinski definition) is 3. The lowest BCUT2D eigenvalue weighted by atomic mass is 10.1. The van der Waals surface area contributed by atoms with E-state index in [1.807, 2.05) is 63.2 Å². The maximum absolute atomic E-state index is 13.6. The first-order valence-corrected chi connectivity index (χ1v) is 9.89. The Bertz CT molecular complexity index is 978. The quantitative estimate of drug-likeness (QED) is 0.672. The molecule has 0 saturated heterocycles. The lowest BCUT2D eigenvalue weighted by Crippen LogP contribution is -2.32. The molecule has 0 saturated carbocycles. The van der Waals surface area contributed by atoms with Crippen LogP contribution in [0.4, 0.5) is 5.82 Å². The largest absolute Gasteiger partial charge is 0.266 e. The molecular weight excluding hydrogens is 344 g/mol. The van der Waals surface area contributed by atoms with Crippen LogP contribution in [-0.4, -0.2) is 13.4 Å². The van der Waals surface area contributed by atoms with E-state index in [9.17, 15) is 8.42 Å². The van der Waals surface area contributed by atoms with Gasteiger partial charge < -0.3 is 0 Å². The molecule has 0 amide bonds. The molecule has 0 N–H and O–H groups in total. The van der Waals surface area contributed by atoms with Crippen molar-refractivity contribution >= 4 is 15.8 Å². The third-order valence-electron chi connectivity index (χ3n) is 4.23. The van der Waals surface area contributed by atoms with Crippen molar-refractivity contribution in [2.24, 2.45) is 0 Å². The van der Waals surface area contributed by atoms with E-state index in [1.54, 1.807) is 24.4 Å². The number of benzene rings is 2. The summed E-state index contributed by atoms with van der Waals surface area (Å²) in [6.07, 6.45) is 1.61. The number of rotatable bonds is 5. The zero-order chi connectivity index (χ0) is 18.7. The number of sulfonamides is 1. The van der Waals surface area contributed by atoms with Crippen LogP contribution in [0, 0.1) is 20.8 Å². The predicted molar refractivity (Wildman–Crippen MR) is 105 cm³/mol. The van der Waals surface area contributed by atoms with Crippen molar-refractivity contribution < 1.29 is 8.42 Å². The Balaban J connectivity index is 2.15. The number of hydrogen-bond donors (Lipinski definition) is 0. The Hall–Kier alpha value is -2.66. The minimum Gasteiger partial charge on any atom is -0.245 e. The van der Waals surface area contributed by atoms with Gasteiger partial charge in [0.1, 0.15) is 5.82 Å². The van der Waals surface area contributed by atoms with E-state index in [1.165, 1.54) is 4.31 Å². The maximum atomic E-state index is 13.6. The van der Waals surface area contributed by atoms with Gasteiger partial charge in [0, 0.05) is 6.20 Å². The first kappa shape index (κ1) is 18.1. The van der Waals surface area contributed by atoms with Crippen molar-refractivity contribution in [1.29, 1.82) is 0 Å². The number of aryl methyl sites for hydroxylation is 3. The highest BCUT2D eigenvalue weighted by Crippen LogP contribution is 2.29. The minimum absolute atomic E-state index is 0.229. The van der Waals surface area contributed by atoms with E-state index >= 15 is 0 Å². The fourth-order valence-electron chi connectivity index (χ4n) is 3.22. The summed E-state index contributed by atoms with van der Waals surface area (Å²) in [6, 6.07) is 18.7. The summed E-state index contributed by atoms with van der Waals surface area (Å²) in [7, 11) is -3.76. The second-order valence-corrected chi connectivity index (χ2v) is 8.21. The second-order valence-electron chi connectivity index (χ2n) is 6.41. The van der Waals surface area contributed by atoms with Gasteiger partial charge in [-0.15, -0.1) is 0 Å². The van der Waals surface area contributed by atoms with Gasteiger partial charge in [-0.05, 0) is 49.6 Å². The van der Waals surface area contributed by atoms with Crippen LogP contribution in [0.5, 0.6) is 0 Å². The molecule has 0 unspecified atom stereocenters. The summed E-state index contributed by atoms with van der Waals surface area (Å²) in [5.41, 5.74) is 3.45. The van der Waals surface area contributed by atoms with Gasteiger partial charge in [0.25, 0.3) is 10.0 Å². The zero-order valence-electron chi connectivity index (χ0n) is 15.2. The molecule has 26 heavy (non-hydrogen) atoms. The molecule has 0 spiro atoms. The van der Waals surface area contributed by atoms with Crippen LogP contribution in [0.25, 0.3) is 0 Å². The topological polar surface area (TPSA) is 50.3 Å². The summed E-state index contributed by atoms with van der Waals surface area (Å²) in [5, 5.41) is 0. The van der Waals surface area contributed by atoms with Crippen molar-refractivity contribution in [2.45, 2.75) is 32.2 Å². The summed E-state index contributed by atoms with van der Waals surface area (Å²) >= 11 is 0. The minimum atomic E-state index is -3.76. The SMILES string of the molecule is Cc1cc(C)c(S(=O)(=O)N(Cc2ccccc2)c2ccccn2)c(C)c1. The fraction of sp³-hybridized carbons (Fsp3) is 0.190. The Labute approximate surface area is 155 Å². The monoisotopic (exact) mass is 366 g/mol. The smallest absolute Gasteiger partial charge is 0.245 e. The normalized spacial score (nSPS) is 11.3. The van der Waals surface area contributed by atoms with E-state index < -0.39 is 10.0 Å². The molecule has 2 aromatic carbocycles. The number of anilines is 1. The summed E-state index contributed by atoms with van der Waals surface area (Å²) in [6.45, 7) is 5.88. The van der Waals surface area contributed by atoms with Gasteiger partial charge in [0.05, 0.1) is 11.4 Å². The van der Waals surface area contributed by atoms with E-state index in [-0.39, 0.29) is 6.54 Å². The average Bonchev–Trinajstić information content (AvgIpc) is 2.60. The Morgan fingerprint density at radius 1 is 0.885 bits per heavy atom. The number of aromatic nitrogens is 1. The van der Waals surface area contributed by atoms with Gasteiger partial charge in [-0.1, -0.05) is 54.1 Å². The standard InChI is InChI=1S/C21H22N2O2S/c1-16-13-17(2)21(18(3)14-16)26(24,25)23(20-11-7-8-12-22-20)15-19-9-5-4-6-10-19/h4-14H,15H2,1-3H3. The van der Waals surface area contributed by atoms with Gasteiger partial charge in [0.2, 0.25) is 0 Å². The third kappa shape index (κ3) is 3.63. The van der Waals surface area contributed by atoms with E-state index in [0.717, 1.165) is 22.3 Å². The van der Waals surface area contributed by atoms with Crippen molar-refractivity contribution in [3.63, 3.8) is 0 Å². The Morgan fingerprint density at radius 3 is 2.08 bits per heavy atom. The highest BCUT2D eigenvalue weighted by atomic mass is 32.2. The van der Waals surface area contributed by atoms with Crippen LogP contribution in [0.15, 0.2) is 71.8 Å². The fourth-order valence-corrected chi connectivity index (χ4v) is 5.05. The first-order chi connectivity index (χ1) is 12.4. The predicted octanol–water partition coefficient (Wildman–Crippen LogP) is 4.40. The Morgan fingerprint density at radius 2 is 1.50 bits per heavy atom. The molecule has 0 aliphatic carbocycles. The van der Waals surface area contributed by atoms with E-state index in [4.69, 9.17) is 0 Å². The van der Waals surface area contributed by atoms with Crippen LogP contribution < -0.4 is 4.31 Å². The molecule has 0 atom stereocenters. The average molecular weight is 366 g/mol. The maximum Gasteiger partial charge on any atom is 0.266 e. The summed E-state index contributed by atoms with van der Waals surface area (Å²) in [5.74, 6) is 0.413. The van der Waals surface area contributed by atoms with Crippen LogP contribution in [0.1, 0.15) is 22.3 Å². The molecule has 5 heteroatoms. The molecule has 4 nitrogen and oxygen atoms in total. The zero-order valence-corrected chi connectivity index (χ0v) is 16.0. The first-order valence-electron chi connectivity index (χ1n) is 8.45. The number of pyridine rings is 1. The molecule has 0 aliphatic heterocycles. The van der Waals surface area contributed by atoms with Gasteiger partial charge in [-0.2, -0.15) is 0 Å². The molecule has 0 bridgehead atoms. The lowest BCUT2D eigenvalue weighted by molar-refractivity contribution is 0.588. The van der Waals surface area contributed by atoms with E-state index in [2.05, 4.69) is 4.98 Å². The highest BCUT2D eigenvalue weighted by molar-refractivity contribution is 7.92. The van der Waals surface area contributed by atoms with E-state index in [0.29, 0.717) is 10.7 Å². The molecule has 134 valence electrons. The lowest BCUT2D eigenvalue weighted by Gasteiger charge is -2.25. The van der Waals surface area contributed by atoms with Crippen molar-refractivity contribution in [1.82, 2.24) is 4.98 Å². The Kier molecular flexibility index (Phi) is 5.09. The second kappa shape index (κ2) is 7.30. The molecule has 1 heterocycles. The molecule has 3 aromatic rings. The van der Waals surface area contributed by atoms with Gasteiger partial charge >= 0.3 is 0 Å². The number of nitrogens with zero attached hydrogens (tertiary/aromatic N) is 2. The van der Waals surface area contributed by atoms with Crippen LogP contribution in [0.2, 0.25) is 0 Å². The van der Waals surface area contributed by atoms with Gasteiger partial charge in [-0.25, -0.2) is 17.7 Å². The highest BCUT2D eigenvalue weighted by Gasteiger charge is 2.29. The van der Waals surface area contributed by atoms with Crippen molar-refractivity contribution in [3.05, 3.63) is 89.1 Å². The molecule has 0 aliphatic rings. The summed E-state index contributed by atoms with van der Waals surface area (Å²) < 4.78 is 28.5. The molecule has 0 radical (unpaired) electrons. The van der Waals surface area contributed by atoms with Crippen LogP contribution >= 0.6 is 0 Å². The van der Waals surface area contributed by atoms with Crippen molar-refractivity contribution in [2.75, 3.05) is 4.31 Å². The third-order valence-corrected chi connectivity index (χ3v) is 6.28. The van der Waals surface area contributed by atoms with Crippen molar-refractivity contribution in [3.8, 4) is 0 Å². The van der Waals surface area contributed by atoms with Gasteiger partial charge in [-0.3, -0.25) is 0 Å². The molecule has 1 aromatic heterocycles. The van der Waals surface area contributed by atoms with Crippen LogP contribution in [-0.2, 0) is 16.6 Å². The summed E-state index contributed by atoms with van der Waals surface area (Å²) in [4.78, 5) is 4.64. The van der Waals surface area contributed by atoms with Gasteiger partial charge in [0.15, 0.2) is 0 Å². The van der Waals surface area contributed by atoms with Crippen LogP contribution in [0.3, 0.4) is 0 Å².